The van der Waals surface area contributed by atoms with Gasteiger partial charge in [-0.25, -0.2) is 9.36 Å². The van der Waals surface area contributed by atoms with Crippen molar-refractivity contribution in [3.63, 3.8) is 0 Å². The van der Waals surface area contributed by atoms with Crippen LogP contribution < -0.4 is 5.11 Å². The molecule has 0 radical (unpaired) electrons. The number of phosphoric acid groups is 1. The molecule has 0 aromatic carbocycles. The molecule has 0 heterocycles. The fourth-order valence-electron chi connectivity index (χ4n) is 1.43. The number of likely N-dealkylation sites (N-methyl/N-ethyl adjacent to an activating group) is 1. The van der Waals surface area contributed by atoms with Gasteiger partial charge in [-0.05, 0) is 18.9 Å². The lowest BCUT2D eigenvalue weighted by molar-refractivity contribution is -0.870. The third kappa shape index (κ3) is 19.3. The van der Waals surface area contributed by atoms with Crippen molar-refractivity contribution >= 4 is 19.8 Å². The number of hydrogen-bond donors (Lipinski definition) is 2. The fraction of sp³-hybridized carbons (Fsp3) is 0.750. The normalized spacial score (nSPS) is 14.3. The molecule has 1 unspecified atom stereocenters. The van der Waals surface area contributed by atoms with E-state index in [1.54, 1.807) is 13.8 Å². The quantitative estimate of drug-likeness (QED) is 0.199. The van der Waals surface area contributed by atoms with Crippen molar-refractivity contribution in [1.82, 2.24) is 0 Å². The van der Waals surface area contributed by atoms with Gasteiger partial charge in [0.1, 0.15) is 13.2 Å². The molecule has 0 saturated heterocycles. The van der Waals surface area contributed by atoms with Crippen LogP contribution in [0, 0.1) is 5.92 Å². The molecule has 0 aromatic rings. The lowest BCUT2D eigenvalue weighted by Crippen LogP contribution is -2.37. The van der Waals surface area contributed by atoms with Crippen molar-refractivity contribution in [2.45, 2.75) is 20.8 Å². The van der Waals surface area contributed by atoms with Crippen molar-refractivity contribution in [3.8, 4) is 0 Å². The van der Waals surface area contributed by atoms with E-state index in [0.717, 1.165) is 0 Å². The van der Waals surface area contributed by atoms with E-state index in [2.05, 4.69) is 0 Å². The van der Waals surface area contributed by atoms with E-state index in [1.165, 1.54) is 0 Å². The SMILES string of the molecule is CC(C)/C(=C/C(=O)[O-])C(=O)O.CCOCCOP(=O)(O)OCC[N+](C)(C)C. The highest BCUT2D eigenvalue weighted by Gasteiger charge is 2.22. The molecule has 0 fully saturated rings. The molecule has 0 aromatic heterocycles. The Kier molecular flexibility index (Phi) is 14.3. The van der Waals surface area contributed by atoms with Crippen LogP contribution in [-0.2, 0) is 27.9 Å². The van der Waals surface area contributed by atoms with Crippen LogP contribution in [0.1, 0.15) is 20.8 Å². The van der Waals surface area contributed by atoms with Crippen LogP contribution in [0.3, 0.4) is 0 Å². The number of quaternary nitrogens is 1. The van der Waals surface area contributed by atoms with Gasteiger partial charge in [0.25, 0.3) is 0 Å². The van der Waals surface area contributed by atoms with Crippen molar-refractivity contribution in [2.24, 2.45) is 5.92 Å². The summed E-state index contributed by atoms with van der Waals surface area (Å²) in [4.78, 5) is 29.5. The average molecular weight is 413 g/mol. The second kappa shape index (κ2) is 13.8. The molecular weight excluding hydrogens is 381 g/mol. The lowest BCUT2D eigenvalue weighted by atomic mass is 10.0. The Balaban J connectivity index is 0. The number of phosphoric ester groups is 1. The Morgan fingerprint density at radius 1 is 1.15 bits per heavy atom. The number of carboxylic acids is 2. The Labute approximate surface area is 160 Å². The summed E-state index contributed by atoms with van der Waals surface area (Å²) >= 11 is 0. The minimum absolute atomic E-state index is 0.0615. The number of carbonyl (C=O) groups is 2. The van der Waals surface area contributed by atoms with Gasteiger partial charge in [-0.1, -0.05) is 13.8 Å². The van der Waals surface area contributed by atoms with Crippen molar-refractivity contribution in [3.05, 3.63) is 11.6 Å². The molecule has 1 atom stereocenters. The zero-order valence-corrected chi connectivity index (χ0v) is 17.7. The van der Waals surface area contributed by atoms with E-state index in [9.17, 15) is 24.2 Å². The van der Waals surface area contributed by atoms with Gasteiger partial charge in [-0.2, -0.15) is 0 Å². The Hall–Kier alpha value is -1.29. The molecule has 0 aliphatic rings. The Bertz CT molecular complexity index is 526. The average Bonchev–Trinajstić information content (AvgIpc) is 2.47. The standard InChI is InChI=1S/C9H22NO5P.C7H10O4/c1-5-13-8-9-15-16(11,12)14-7-6-10(2,3)4;1-4(2)5(7(10)11)3-6(8)9/h5-9H2,1-4H3;3-4H,1-2H3,(H,8,9)(H,10,11)/b;5-3-. The molecular formula is C16H32NO9P. The lowest BCUT2D eigenvalue weighted by Gasteiger charge is -2.23. The van der Waals surface area contributed by atoms with E-state index < -0.39 is 19.8 Å². The predicted molar refractivity (Wildman–Crippen MR) is 96.7 cm³/mol. The largest absolute Gasteiger partial charge is 0.545 e. The Morgan fingerprint density at radius 2 is 1.67 bits per heavy atom. The van der Waals surface area contributed by atoms with Crippen LogP contribution in [-0.4, -0.2) is 80.5 Å². The summed E-state index contributed by atoms with van der Waals surface area (Å²) in [6.45, 7) is 6.78. The third-order valence-corrected chi connectivity index (χ3v) is 3.86. The van der Waals surface area contributed by atoms with E-state index in [0.29, 0.717) is 30.3 Å². The molecule has 0 aliphatic heterocycles. The highest BCUT2D eigenvalue weighted by molar-refractivity contribution is 7.47. The molecule has 0 rings (SSSR count). The molecule has 2 N–H and O–H groups in total. The second-order valence-electron chi connectivity index (χ2n) is 6.72. The molecule has 0 saturated carbocycles. The summed E-state index contributed by atoms with van der Waals surface area (Å²) in [5.41, 5.74) is -0.148. The number of carbonyl (C=O) groups excluding carboxylic acids is 1. The smallest absolute Gasteiger partial charge is 0.472 e. The van der Waals surface area contributed by atoms with E-state index in [4.69, 9.17) is 18.9 Å². The number of rotatable bonds is 12. The van der Waals surface area contributed by atoms with Gasteiger partial charge in [-0.3, -0.25) is 9.05 Å². The van der Waals surface area contributed by atoms with E-state index in [-0.39, 0.29) is 24.7 Å². The third-order valence-electron chi connectivity index (χ3n) is 2.85. The van der Waals surface area contributed by atoms with Gasteiger partial charge < -0.3 is 29.1 Å². The summed E-state index contributed by atoms with van der Waals surface area (Å²) in [6.07, 6.45) is 0.604. The Morgan fingerprint density at radius 3 is 2.00 bits per heavy atom. The minimum atomic E-state index is -3.91. The summed E-state index contributed by atoms with van der Waals surface area (Å²) in [5, 5.41) is 18.4. The van der Waals surface area contributed by atoms with Gasteiger partial charge >= 0.3 is 13.8 Å². The molecule has 160 valence electrons. The van der Waals surface area contributed by atoms with Crippen molar-refractivity contribution < 1.29 is 47.5 Å². The predicted octanol–water partition coefficient (Wildman–Crippen LogP) is 0.266. The highest BCUT2D eigenvalue weighted by Crippen LogP contribution is 2.42. The van der Waals surface area contributed by atoms with Crippen LogP contribution in [0.15, 0.2) is 11.6 Å². The topological polar surface area (TPSA) is 142 Å². The first kappa shape index (κ1) is 27.9. The number of hydrogen-bond acceptors (Lipinski definition) is 7. The molecule has 0 bridgehead atoms. The monoisotopic (exact) mass is 413 g/mol. The summed E-state index contributed by atoms with van der Waals surface area (Å²) < 4.78 is 26.5. The zero-order chi connectivity index (χ0) is 21.7. The first-order chi connectivity index (χ1) is 12.2. The summed E-state index contributed by atoms with van der Waals surface area (Å²) in [7, 11) is 2.01. The molecule has 0 spiro atoms. The maximum atomic E-state index is 11.3. The molecule has 0 amide bonds. The van der Waals surface area contributed by atoms with Crippen LogP contribution in [0.4, 0.5) is 0 Å². The zero-order valence-electron chi connectivity index (χ0n) is 16.8. The summed E-state index contributed by atoms with van der Waals surface area (Å²) in [6, 6.07) is 0. The maximum Gasteiger partial charge on any atom is 0.472 e. The molecule has 11 heteroatoms. The highest BCUT2D eigenvalue weighted by atomic mass is 31.2. The number of ether oxygens (including phenoxy) is 1. The van der Waals surface area contributed by atoms with E-state index >= 15 is 0 Å². The van der Waals surface area contributed by atoms with Crippen molar-refractivity contribution in [1.29, 1.82) is 0 Å². The number of carboxylic acid groups (broad SMARTS) is 2. The van der Waals surface area contributed by atoms with Crippen LogP contribution >= 0.6 is 7.82 Å². The van der Waals surface area contributed by atoms with Crippen LogP contribution in [0.2, 0.25) is 0 Å². The number of nitrogens with zero attached hydrogens (tertiary/aromatic N) is 1. The fourth-order valence-corrected chi connectivity index (χ4v) is 2.12. The maximum absolute atomic E-state index is 11.3. The van der Waals surface area contributed by atoms with Gasteiger partial charge in [0, 0.05) is 12.2 Å². The molecule has 0 aliphatic carbocycles. The number of aliphatic carboxylic acids is 2. The van der Waals surface area contributed by atoms with E-state index in [1.807, 2.05) is 28.1 Å². The van der Waals surface area contributed by atoms with Gasteiger partial charge in [0.05, 0.1) is 40.3 Å². The first-order valence-electron chi connectivity index (χ1n) is 8.37. The first-order valence-corrected chi connectivity index (χ1v) is 9.87. The van der Waals surface area contributed by atoms with Gasteiger partial charge in [0.15, 0.2) is 0 Å². The summed E-state index contributed by atoms with van der Waals surface area (Å²) in [5.74, 6) is -3.01. The van der Waals surface area contributed by atoms with Gasteiger partial charge in [-0.15, -0.1) is 0 Å². The molecule has 27 heavy (non-hydrogen) atoms. The van der Waals surface area contributed by atoms with Crippen LogP contribution in [0.5, 0.6) is 0 Å². The van der Waals surface area contributed by atoms with Crippen molar-refractivity contribution in [2.75, 3.05) is 54.1 Å². The molecule has 10 nitrogen and oxygen atoms in total. The minimum Gasteiger partial charge on any atom is -0.545 e. The second-order valence-corrected chi connectivity index (χ2v) is 8.18. The van der Waals surface area contributed by atoms with Gasteiger partial charge in [0.2, 0.25) is 0 Å². The van der Waals surface area contributed by atoms with Crippen LogP contribution in [0.25, 0.3) is 0 Å².